The molecule has 0 saturated carbocycles. The van der Waals surface area contributed by atoms with Crippen molar-refractivity contribution < 1.29 is 14.3 Å². The van der Waals surface area contributed by atoms with Gasteiger partial charge in [-0.2, -0.15) is 0 Å². The van der Waals surface area contributed by atoms with E-state index < -0.39 is 0 Å². The summed E-state index contributed by atoms with van der Waals surface area (Å²) in [5.41, 5.74) is 4.19. The van der Waals surface area contributed by atoms with Crippen LogP contribution in [0.3, 0.4) is 0 Å². The van der Waals surface area contributed by atoms with Crippen molar-refractivity contribution in [2.45, 2.75) is 13.3 Å². The average molecular weight is 473 g/mol. The molecule has 0 spiro atoms. The normalized spacial score (nSPS) is 10.6. The number of rotatable bonds is 9. The Bertz CT molecular complexity index is 1330. The molecule has 0 aliphatic heterocycles. The highest BCUT2D eigenvalue weighted by atomic mass is 16.5. The largest absolute Gasteiger partial charge is 0.496 e. The first kappa shape index (κ1) is 23.7. The number of pyridine rings is 1. The summed E-state index contributed by atoms with van der Waals surface area (Å²) in [6, 6.07) is 15.0. The van der Waals surface area contributed by atoms with Gasteiger partial charge in [0.1, 0.15) is 23.6 Å². The zero-order chi connectivity index (χ0) is 24.6. The Morgan fingerprint density at radius 2 is 1.83 bits per heavy atom. The molecule has 35 heavy (non-hydrogen) atoms. The number of carbonyl (C=O) groups excluding carboxylic acids is 1. The zero-order valence-electron chi connectivity index (χ0n) is 20.0. The molecule has 0 saturated heterocycles. The van der Waals surface area contributed by atoms with E-state index in [9.17, 15) is 4.79 Å². The first-order valence-corrected chi connectivity index (χ1v) is 11.3. The van der Waals surface area contributed by atoms with E-state index in [0.29, 0.717) is 30.3 Å². The molecular weight excluding hydrogens is 444 g/mol. The van der Waals surface area contributed by atoms with Crippen molar-refractivity contribution in [3.63, 3.8) is 0 Å². The van der Waals surface area contributed by atoms with Crippen molar-refractivity contribution >= 4 is 28.4 Å². The van der Waals surface area contributed by atoms with E-state index >= 15 is 0 Å². The van der Waals surface area contributed by atoms with Gasteiger partial charge in [-0.15, -0.1) is 0 Å². The summed E-state index contributed by atoms with van der Waals surface area (Å²) in [5.74, 6) is 2.08. The van der Waals surface area contributed by atoms with Crippen molar-refractivity contribution in [2.75, 3.05) is 37.9 Å². The van der Waals surface area contributed by atoms with Crippen LogP contribution in [-0.2, 0) is 6.42 Å². The molecule has 2 aromatic carbocycles. The molecule has 0 atom stereocenters. The quantitative estimate of drug-likeness (QED) is 0.329. The summed E-state index contributed by atoms with van der Waals surface area (Å²) in [4.78, 5) is 25.1. The van der Waals surface area contributed by atoms with Gasteiger partial charge in [0.15, 0.2) is 0 Å². The van der Waals surface area contributed by atoms with Gasteiger partial charge in [0.05, 0.1) is 31.1 Å². The predicted octanol–water partition coefficient (Wildman–Crippen LogP) is 4.51. The molecule has 0 unspecified atom stereocenters. The molecule has 9 nitrogen and oxygen atoms in total. The van der Waals surface area contributed by atoms with Crippen LogP contribution in [0.25, 0.3) is 22.2 Å². The Balaban J connectivity index is 1.49. The second-order valence-electron chi connectivity index (χ2n) is 7.68. The summed E-state index contributed by atoms with van der Waals surface area (Å²) in [6.45, 7) is 3.04. The molecule has 4 aromatic rings. The van der Waals surface area contributed by atoms with Gasteiger partial charge in [0.2, 0.25) is 0 Å². The van der Waals surface area contributed by atoms with Crippen LogP contribution >= 0.6 is 0 Å². The minimum Gasteiger partial charge on any atom is -0.496 e. The summed E-state index contributed by atoms with van der Waals surface area (Å²) < 4.78 is 11.0. The fourth-order valence-corrected chi connectivity index (χ4v) is 3.85. The van der Waals surface area contributed by atoms with E-state index in [4.69, 9.17) is 9.47 Å². The molecular formula is C26H28N6O3. The molecule has 0 fully saturated rings. The van der Waals surface area contributed by atoms with E-state index in [-0.39, 0.29) is 6.03 Å². The number of carbonyl (C=O) groups is 1. The Hall–Kier alpha value is -4.40. The van der Waals surface area contributed by atoms with Crippen LogP contribution in [0.2, 0.25) is 0 Å². The van der Waals surface area contributed by atoms with Crippen molar-refractivity contribution in [1.82, 2.24) is 20.3 Å². The predicted molar refractivity (Wildman–Crippen MR) is 137 cm³/mol. The Labute approximate surface area is 203 Å². The van der Waals surface area contributed by atoms with Crippen LogP contribution in [0.1, 0.15) is 12.5 Å². The molecule has 0 radical (unpaired) electrons. The van der Waals surface area contributed by atoms with Crippen molar-refractivity contribution in [3.8, 4) is 22.8 Å². The highest BCUT2D eigenvalue weighted by molar-refractivity contribution is 5.91. The molecule has 3 N–H and O–H groups in total. The Morgan fingerprint density at radius 1 is 0.971 bits per heavy atom. The van der Waals surface area contributed by atoms with Crippen LogP contribution in [-0.4, -0.2) is 48.3 Å². The second kappa shape index (κ2) is 11.1. The molecule has 2 aromatic heterocycles. The van der Waals surface area contributed by atoms with E-state index in [1.165, 1.54) is 6.33 Å². The minimum atomic E-state index is -0.286. The van der Waals surface area contributed by atoms with E-state index in [0.717, 1.165) is 39.9 Å². The van der Waals surface area contributed by atoms with Crippen LogP contribution in [0, 0.1) is 0 Å². The van der Waals surface area contributed by atoms with Gasteiger partial charge >= 0.3 is 6.03 Å². The van der Waals surface area contributed by atoms with E-state index in [1.807, 2.05) is 43.3 Å². The van der Waals surface area contributed by atoms with Gasteiger partial charge in [0, 0.05) is 41.9 Å². The molecule has 2 amide bonds. The summed E-state index contributed by atoms with van der Waals surface area (Å²) in [5, 5.41) is 9.93. The summed E-state index contributed by atoms with van der Waals surface area (Å²) in [7, 11) is 3.24. The lowest BCUT2D eigenvalue weighted by Crippen LogP contribution is -2.28. The fraction of sp³-hybridized carbons (Fsp3) is 0.231. The third kappa shape index (κ3) is 5.57. The number of hydrogen-bond acceptors (Lipinski definition) is 7. The van der Waals surface area contributed by atoms with Crippen LogP contribution < -0.4 is 25.4 Å². The Kier molecular flexibility index (Phi) is 7.57. The number of anilines is 2. The maximum Gasteiger partial charge on any atom is 0.319 e. The number of fused-ring (bicyclic) bond motifs is 1. The molecule has 0 bridgehead atoms. The number of benzene rings is 2. The monoisotopic (exact) mass is 472 g/mol. The van der Waals surface area contributed by atoms with Crippen LogP contribution in [0.4, 0.5) is 16.3 Å². The maximum atomic E-state index is 11.9. The molecule has 180 valence electrons. The number of amides is 2. The molecule has 0 aliphatic rings. The highest BCUT2D eigenvalue weighted by Crippen LogP contribution is 2.31. The second-order valence-corrected chi connectivity index (χ2v) is 7.68. The number of hydrogen-bond donors (Lipinski definition) is 3. The van der Waals surface area contributed by atoms with Gasteiger partial charge in [-0.3, -0.25) is 4.98 Å². The topological polar surface area (TPSA) is 110 Å². The SMILES string of the molecule is CCNC(=O)Nc1ccc(-c2cc(NCCc3c(OC)ccc4ncccc34)ncn2)cc1OC. The lowest BCUT2D eigenvalue weighted by atomic mass is 10.0. The third-order valence-electron chi connectivity index (χ3n) is 5.50. The fourth-order valence-electron chi connectivity index (χ4n) is 3.85. The van der Waals surface area contributed by atoms with Crippen molar-refractivity contribution in [1.29, 1.82) is 0 Å². The number of methoxy groups -OCH3 is 2. The lowest BCUT2D eigenvalue weighted by molar-refractivity contribution is 0.252. The van der Waals surface area contributed by atoms with Gasteiger partial charge < -0.3 is 25.4 Å². The molecule has 2 heterocycles. The molecule has 0 aliphatic carbocycles. The highest BCUT2D eigenvalue weighted by Gasteiger charge is 2.11. The van der Waals surface area contributed by atoms with Crippen LogP contribution in [0.15, 0.2) is 61.1 Å². The number of urea groups is 1. The number of nitrogens with zero attached hydrogens (tertiary/aromatic N) is 3. The van der Waals surface area contributed by atoms with Gasteiger partial charge in [-0.05, 0) is 43.7 Å². The standard InChI is InChI=1S/C26H28N6O3/c1-4-27-26(33)32-21-8-7-17(14-24(21)35-3)22-15-25(31-16-30-22)29-13-11-19-18-6-5-12-28-20(18)9-10-23(19)34-2/h5-10,12,14-16H,4,11,13H2,1-3H3,(H2,27,32,33)(H,29,30,31). The first-order valence-electron chi connectivity index (χ1n) is 11.3. The molecule has 9 heteroatoms. The number of nitrogens with one attached hydrogen (secondary N) is 3. The summed E-state index contributed by atoms with van der Waals surface area (Å²) in [6.07, 6.45) is 4.05. The smallest absolute Gasteiger partial charge is 0.319 e. The minimum absolute atomic E-state index is 0.286. The van der Waals surface area contributed by atoms with Gasteiger partial charge in [-0.25, -0.2) is 14.8 Å². The van der Waals surface area contributed by atoms with E-state index in [2.05, 4.69) is 37.0 Å². The number of aromatic nitrogens is 3. The third-order valence-corrected chi connectivity index (χ3v) is 5.50. The van der Waals surface area contributed by atoms with E-state index in [1.54, 1.807) is 26.5 Å². The summed E-state index contributed by atoms with van der Waals surface area (Å²) >= 11 is 0. The van der Waals surface area contributed by atoms with Gasteiger partial charge in [-0.1, -0.05) is 12.1 Å². The maximum absolute atomic E-state index is 11.9. The Morgan fingerprint density at radius 3 is 2.63 bits per heavy atom. The molecule has 4 rings (SSSR count). The van der Waals surface area contributed by atoms with Crippen LogP contribution in [0.5, 0.6) is 11.5 Å². The van der Waals surface area contributed by atoms with Gasteiger partial charge in [0.25, 0.3) is 0 Å². The van der Waals surface area contributed by atoms with Crippen molar-refractivity contribution in [2.24, 2.45) is 0 Å². The number of ether oxygens (including phenoxy) is 2. The zero-order valence-corrected chi connectivity index (χ0v) is 20.0. The van der Waals surface area contributed by atoms with Crippen molar-refractivity contribution in [3.05, 3.63) is 66.6 Å². The average Bonchev–Trinajstić information content (AvgIpc) is 2.89. The first-order chi connectivity index (χ1) is 17.1. The lowest BCUT2D eigenvalue weighted by Gasteiger charge is -2.13.